The molecule has 0 unspecified atom stereocenters. The fraction of sp³-hybridized carbons (Fsp3) is 0.500. The van der Waals surface area contributed by atoms with Crippen molar-refractivity contribution in [2.24, 2.45) is 0 Å². The molecule has 0 radical (unpaired) electrons. The highest BCUT2D eigenvalue weighted by molar-refractivity contribution is 7.90. The molecular weight excluding hydrogens is 524 g/mol. The van der Waals surface area contributed by atoms with E-state index in [1.807, 2.05) is 45.0 Å². The molecule has 0 saturated heterocycles. The van der Waals surface area contributed by atoms with E-state index in [1.54, 1.807) is 18.2 Å². The summed E-state index contributed by atoms with van der Waals surface area (Å²) in [5.74, 6) is -0.671. The third-order valence-corrected chi connectivity index (χ3v) is 9.06. The van der Waals surface area contributed by atoms with Crippen LogP contribution in [0, 0.1) is 13.8 Å². The molecular formula is C28H39ClN4O4S. The van der Waals surface area contributed by atoms with Crippen LogP contribution in [0.2, 0.25) is 5.02 Å². The van der Waals surface area contributed by atoms with Gasteiger partial charge in [-0.2, -0.15) is 12.7 Å². The second-order valence-corrected chi connectivity index (χ2v) is 12.7. The van der Waals surface area contributed by atoms with Gasteiger partial charge in [0.2, 0.25) is 11.8 Å². The summed E-state index contributed by atoms with van der Waals surface area (Å²) >= 11 is 6.07. The van der Waals surface area contributed by atoms with E-state index in [9.17, 15) is 18.0 Å². The Morgan fingerprint density at radius 1 is 1.05 bits per heavy atom. The molecule has 208 valence electrons. The fourth-order valence-electron chi connectivity index (χ4n) is 4.76. The Morgan fingerprint density at radius 2 is 1.68 bits per heavy atom. The van der Waals surface area contributed by atoms with Gasteiger partial charge in [0.25, 0.3) is 0 Å². The Morgan fingerprint density at radius 3 is 2.26 bits per heavy atom. The maximum absolute atomic E-state index is 14.0. The number of aryl methyl sites for hydroxylation is 2. The van der Waals surface area contributed by atoms with Crippen LogP contribution in [0.5, 0.6) is 0 Å². The molecule has 1 aliphatic rings. The second kappa shape index (κ2) is 13.0. The van der Waals surface area contributed by atoms with Gasteiger partial charge in [-0.05, 0) is 68.0 Å². The molecule has 1 aliphatic carbocycles. The van der Waals surface area contributed by atoms with Crippen LogP contribution in [0.3, 0.4) is 0 Å². The van der Waals surface area contributed by atoms with Crippen LogP contribution in [-0.4, -0.2) is 62.2 Å². The monoisotopic (exact) mass is 562 g/mol. The number of rotatable bonds is 11. The van der Waals surface area contributed by atoms with Crippen molar-refractivity contribution in [2.75, 3.05) is 24.9 Å². The van der Waals surface area contributed by atoms with Crippen molar-refractivity contribution < 1.29 is 18.0 Å². The third-order valence-electron chi connectivity index (χ3n) is 7.01. The number of hydrogen-bond donors (Lipinski definition) is 1. The average Bonchev–Trinajstić information content (AvgIpc) is 3.38. The SMILES string of the molecule is CC[C@@H](C(=O)NC1CCCC1)N(Cc1ccc(Cl)cc1)C(=O)CN(c1cc(C)ccc1C)S(=O)(=O)N(C)C. The van der Waals surface area contributed by atoms with Gasteiger partial charge in [-0.1, -0.05) is 55.6 Å². The second-order valence-electron chi connectivity index (χ2n) is 10.1. The van der Waals surface area contributed by atoms with Crippen molar-refractivity contribution in [1.82, 2.24) is 14.5 Å². The Hall–Kier alpha value is -2.62. The van der Waals surface area contributed by atoms with Gasteiger partial charge in [-0.15, -0.1) is 0 Å². The van der Waals surface area contributed by atoms with Gasteiger partial charge in [0.1, 0.15) is 12.6 Å². The lowest BCUT2D eigenvalue weighted by Crippen LogP contribution is -2.54. The normalized spacial score (nSPS) is 14.9. The Kier molecular flexibility index (Phi) is 10.2. The topological polar surface area (TPSA) is 90.0 Å². The molecule has 1 atom stereocenters. The molecule has 1 fully saturated rings. The van der Waals surface area contributed by atoms with E-state index in [-0.39, 0.29) is 18.5 Å². The molecule has 2 aromatic rings. The first-order valence-corrected chi connectivity index (χ1v) is 14.8. The highest BCUT2D eigenvalue weighted by Crippen LogP contribution is 2.26. The molecule has 1 saturated carbocycles. The summed E-state index contributed by atoms with van der Waals surface area (Å²) < 4.78 is 29.1. The molecule has 1 N–H and O–H groups in total. The minimum Gasteiger partial charge on any atom is -0.352 e. The summed E-state index contributed by atoms with van der Waals surface area (Å²) in [4.78, 5) is 28.9. The molecule has 2 aromatic carbocycles. The Labute approximate surface area is 232 Å². The van der Waals surface area contributed by atoms with Crippen LogP contribution in [0.25, 0.3) is 0 Å². The largest absolute Gasteiger partial charge is 0.352 e. The van der Waals surface area contributed by atoms with Crippen LogP contribution in [-0.2, 0) is 26.3 Å². The zero-order valence-corrected chi connectivity index (χ0v) is 24.5. The van der Waals surface area contributed by atoms with Crippen molar-refractivity contribution >= 4 is 39.3 Å². The van der Waals surface area contributed by atoms with Crippen LogP contribution in [0.15, 0.2) is 42.5 Å². The molecule has 0 heterocycles. The standard InChI is InChI=1S/C28H39ClN4O4S/c1-6-25(28(35)30-24-9-7-8-10-24)32(18-22-13-15-23(29)16-14-22)27(34)19-33(38(36,37)31(4)5)26-17-20(2)11-12-21(26)3/h11-17,24-25H,6-10,18-19H2,1-5H3,(H,30,35)/t25-/m0/s1. The number of carbonyl (C=O) groups excluding carboxylic acids is 2. The van der Waals surface area contributed by atoms with Crippen LogP contribution >= 0.6 is 11.6 Å². The lowest BCUT2D eigenvalue weighted by molar-refractivity contribution is -0.140. The Bertz CT molecular complexity index is 1230. The molecule has 38 heavy (non-hydrogen) atoms. The predicted octanol–water partition coefficient (Wildman–Crippen LogP) is 4.44. The summed E-state index contributed by atoms with van der Waals surface area (Å²) in [5.41, 5.74) is 2.83. The number of amides is 2. The Balaban J connectivity index is 1.99. The molecule has 3 rings (SSSR count). The maximum atomic E-state index is 14.0. The molecule has 10 heteroatoms. The number of carbonyl (C=O) groups is 2. The van der Waals surface area contributed by atoms with E-state index in [0.29, 0.717) is 17.1 Å². The first-order valence-electron chi connectivity index (χ1n) is 13.1. The van der Waals surface area contributed by atoms with E-state index in [1.165, 1.54) is 19.0 Å². The van der Waals surface area contributed by atoms with Gasteiger partial charge in [0, 0.05) is 31.7 Å². The van der Waals surface area contributed by atoms with Gasteiger partial charge < -0.3 is 10.2 Å². The van der Waals surface area contributed by atoms with Gasteiger partial charge >= 0.3 is 10.2 Å². The summed E-state index contributed by atoms with van der Waals surface area (Å²) in [7, 11) is -1.13. The highest BCUT2D eigenvalue weighted by atomic mass is 35.5. The van der Waals surface area contributed by atoms with E-state index in [0.717, 1.165) is 51.0 Å². The third kappa shape index (κ3) is 7.27. The summed E-state index contributed by atoms with van der Waals surface area (Å²) in [6.07, 6.45) is 4.39. The molecule has 8 nitrogen and oxygen atoms in total. The van der Waals surface area contributed by atoms with E-state index in [2.05, 4.69) is 5.32 Å². The first-order chi connectivity index (χ1) is 17.9. The number of anilines is 1. The summed E-state index contributed by atoms with van der Waals surface area (Å²) in [6.45, 7) is 5.26. The van der Waals surface area contributed by atoms with E-state index >= 15 is 0 Å². The lowest BCUT2D eigenvalue weighted by Gasteiger charge is -2.34. The van der Waals surface area contributed by atoms with Crippen molar-refractivity contribution in [2.45, 2.75) is 71.5 Å². The van der Waals surface area contributed by atoms with Gasteiger partial charge in [-0.25, -0.2) is 4.31 Å². The lowest BCUT2D eigenvalue weighted by atomic mass is 10.1. The number of benzene rings is 2. The van der Waals surface area contributed by atoms with Gasteiger partial charge in [0.05, 0.1) is 5.69 Å². The summed E-state index contributed by atoms with van der Waals surface area (Å²) in [5, 5.41) is 3.68. The quantitative estimate of drug-likeness (QED) is 0.438. The van der Waals surface area contributed by atoms with E-state index < -0.39 is 28.7 Å². The highest BCUT2D eigenvalue weighted by Gasteiger charge is 2.35. The number of halogens is 1. The molecule has 0 aliphatic heterocycles. The van der Waals surface area contributed by atoms with Crippen LogP contribution < -0.4 is 9.62 Å². The zero-order valence-electron chi connectivity index (χ0n) is 22.9. The number of hydrogen-bond acceptors (Lipinski definition) is 4. The van der Waals surface area contributed by atoms with Crippen LogP contribution in [0.1, 0.15) is 55.7 Å². The van der Waals surface area contributed by atoms with Crippen LogP contribution in [0.4, 0.5) is 5.69 Å². The minimum absolute atomic E-state index is 0.101. The van der Waals surface area contributed by atoms with Crippen molar-refractivity contribution in [1.29, 1.82) is 0 Å². The molecule has 0 bridgehead atoms. The smallest absolute Gasteiger partial charge is 0.304 e. The van der Waals surface area contributed by atoms with Crippen molar-refractivity contribution in [3.05, 3.63) is 64.2 Å². The summed E-state index contributed by atoms with van der Waals surface area (Å²) in [6, 6.07) is 11.9. The van der Waals surface area contributed by atoms with Gasteiger partial charge in [0.15, 0.2) is 0 Å². The zero-order chi connectivity index (χ0) is 28.0. The molecule has 2 amide bonds. The number of nitrogens with one attached hydrogen (secondary N) is 1. The number of nitrogens with zero attached hydrogens (tertiary/aromatic N) is 3. The minimum atomic E-state index is -4.01. The average molecular weight is 563 g/mol. The predicted molar refractivity (Wildman–Crippen MR) is 152 cm³/mol. The van der Waals surface area contributed by atoms with Crippen molar-refractivity contribution in [3.8, 4) is 0 Å². The fourth-order valence-corrected chi connectivity index (χ4v) is 6.00. The van der Waals surface area contributed by atoms with Crippen molar-refractivity contribution in [3.63, 3.8) is 0 Å². The molecule has 0 aromatic heterocycles. The molecule has 0 spiro atoms. The maximum Gasteiger partial charge on any atom is 0.304 e. The van der Waals surface area contributed by atoms with E-state index in [4.69, 9.17) is 11.6 Å². The van der Waals surface area contributed by atoms with Gasteiger partial charge in [-0.3, -0.25) is 9.59 Å². The first kappa shape index (κ1) is 29.9.